The quantitative estimate of drug-likeness (QED) is 0.726. The summed E-state index contributed by atoms with van der Waals surface area (Å²) in [5, 5.41) is 1.34. The van der Waals surface area contributed by atoms with Gasteiger partial charge in [-0.2, -0.15) is 0 Å². The number of ether oxygens (including phenoxy) is 1. The molecule has 1 heterocycles. The number of piperazine rings is 1. The zero-order valence-corrected chi connectivity index (χ0v) is 16.0. The van der Waals surface area contributed by atoms with Crippen LogP contribution in [0.2, 0.25) is 10.0 Å². The molecule has 1 amide bonds. The molecule has 0 atom stereocenters. The molecule has 26 heavy (non-hydrogen) atoms. The van der Waals surface area contributed by atoms with Crippen molar-refractivity contribution in [1.29, 1.82) is 0 Å². The highest BCUT2D eigenvalue weighted by Crippen LogP contribution is 2.26. The molecule has 0 N–H and O–H groups in total. The maximum absolute atomic E-state index is 12.5. The van der Waals surface area contributed by atoms with E-state index in [-0.39, 0.29) is 5.91 Å². The van der Waals surface area contributed by atoms with Gasteiger partial charge in [-0.3, -0.25) is 4.79 Å². The Kier molecular flexibility index (Phi) is 6.07. The second kappa shape index (κ2) is 8.47. The Balaban J connectivity index is 1.62. The third-order valence-electron chi connectivity index (χ3n) is 4.38. The molecule has 3 rings (SSSR count). The van der Waals surface area contributed by atoms with E-state index in [0.717, 1.165) is 29.4 Å². The third kappa shape index (κ3) is 4.32. The molecule has 1 aliphatic rings. The Labute approximate surface area is 163 Å². The van der Waals surface area contributed by atoms with Gasteiger partial charge in [-0.25, -0.2) is 0 Å². The zero-order chi connectivity index (χ0) is 18.5. The molecule has 2 aromatic rings. The van der Waals surface area contributed by atoms with E-state index in [0.29, 0.717) is 23.9 Å². The molecule has 0 saturated carbocycles. The summed E-state index contributed by atoms with van der Waals surface area (Å²) >= 11 is 12.3. The average Bonchev–Trinajstić information content (AvgIpc) is 2.67. The summed E-state index contributed by atoms with van der Waals surface area (Å²) in [6.45, 7) is 2.82. The molecule has 0 aliphatic carbocycles. The first kappa shape index (κ1) is 18.6. The minimum absolute atomic E-state index is 0.0224. The lowest BCUT2D eigenvalue weighted by Gasteiger charge is -2.36. The standard InChI is InChI=1S/C20H20Cl2N2O2/c1-26-19-8-7-16(21)14-15(19)6-9-20(25)24-12-10-23(11-13-24)18-5-3-2-4-17(18)22/h2-9,14H,10-13H2,1H3/b9-6+. The van der Waals surface area contributed by atoms with E-state index in [4.69, 9.17) is 27.9 Å². The van der Waals surface area contributed by atoms with Crippen molar-refractivity contribution in [3.05, 3.63) is 64.1 Å². The van der Waals surface area contributed by atoms with Crippen LogP contribution in [0, 0.1) is 0 Å². The van der Waals surface area contributed by atoms with Crippen molar-refractivity contribution in [2.45, 2.75) is 0 Å². The van der Waals surface area contributed by atoms with Gasteiger partial charge in [0.1, 0.15) is 5.75 Å². The topological polar surface area (TPSA) is 32.8 Å². The van der Waals surface area contributed by atoms with Crippen molar-refractivity contribution in [3.63, 3.8) is 0 Å². The first-order valence-electron chi connectivity index (χ1n) is 8.38. The van der Waals surface area contributed by atoms with Crippen LogP contribution in [0.15, 0.2) is 48.5 Å². The summed E-state index contributed by atoms with van der Waals surface area (Å²) in [7, 11) is 1.59. The lowest BCUT2D eigenvalue weighted by molar-refractivity contribution is -0.126. The number of methoxy groups -OCH3 is 1. The molecule has 2 aromatic carbocycles. The summed E-state index contributed by atoms with van der Waals surface area (Å²) in [6, 6.07) is 13.1. The Morgan fingerprint density at radius 2 is 1.81 bits per heavy atom. The molecule has 0 bridgehead atoms. The molecule has 1 fully saturated rings. The largest absolute Gasteiger partial charge is 0.496 e. The van der Waals surface area contributed by atoms with Gasteiger partial charge in [-0.15, -0.1) is 0 Å². The fraction of sp³-hybridized carbons (Fsp3) is 0.250. The van der Waals surface area contributed by atoms with Gasteiger partial charge in [0.25, 0.3) is 0 Å². The highest BCUT2D eigenvalue weighted by molar-refractivity contribution is 6.33. The predicted octanol–water partition coefficient (Wildman–Crippen LogP) is 4.36. The Morgan fingerprint density at radius 1 is 1.08 bits per heavy atom. The van der Waals surface area contributed by atoms with Crippen LogP contribution in [0.3, 0.4) is 0 Å². The number of para-hydroxylation sites is 1. The second-order valence-electron chi connectivity index (χ2n) is 5.98. The number of hydrogen-bond donors (Lipinski definition) is 0. The van der Waals surface area contributed by atoms with Gasteiger partial charge in [-0.1, -0.05) is 35.3 Å². The maximum atomic E-state index is 12.5. The fourth-order valence-electron chi connectivity index (χ4n) is 2.98. The molecular weight excluding hydrogens is 371 g/mol. The van der Waals surface area contributed by atoms with Gasteiger partial charge in [-0.05, 0) is 36.4 Å². The van der Waals surface area contributed by atoms with Gasteiger partial charge in [0.05, 0.1) is 17.8 Å². The van der Waals surface area contributed by atoms with Gasteiger partial charge >= 0.3 is 0 Å². The number of carbonyl (C=O) groups excluding carboxylic acids is 1. The predicted molar refractivity (Wildman–Crippen MR) is 107 cm³/mol. The second-order valence-corrected chi connectivity index (χ2v) is 6.83. The third-order valence-corrected chi connectivity index (χ3v) is 4.94. The number of hydrogen-bond acceptors (Lipinski definition) is 3. The molecule has 0 spiro atoms. The fourth-order valence-corrected chi connectivity index (χ4v) is 3.41. The van der Waals surface area contributed by atoms with E-state index in [1.54, 1.807) is 37.5 Å². The average molecular weight is 391 g/mol. The van der Waals surface area contributed by atoms with Gasteiger partial charge < -0.3 is 14.5 Å². The van der Waals surface area contributed by atoms with Crippen LogP contribution < -0.4 is 9.64 Å². The SMILES string of the molecule is COc1ccc(Cl)cc1/C=C/C(=O)N1CCN(c2ccccc2Cl)CC1. The van der Waals surface area contributed by atoms with Crippen LogP contribution in [0.5, 0.6) is 5.75 Å². The number of nitrogens with zero attached hydrogens (tertiary/aromatic N) is 2. The van der Waals surface area contributed by atoms with E-state index >= 15 is 0 Å². The van der Waals surface area contributed by atoms with Crippen molar-refractivity contribution in [1.82, 2.24) is 4.90 Å². The molecular formula is C20H20Cl2N2O2. The molecule has 0 aromatic heterocycles. The summed E-state index contributed by atoms with van der Waals surface area (Å²) in [4.78, 5) is 16.5. The number of anilines is 1. The number of halogens is 2. The molecule has 0 radical (unpaired) electrons. The number of carbonyl (C=O) groups is 1. The van der Waals surface area contributed by atoms with Crippen LogP contribution in [0.1, 0.15) is 5.56 Å². The minimum Gasteiger partial charge on any atom is -0.496 e. The smallest absolute Gasteiger partial charge is 0.246 e. The van der Waals surface area contributed by atoms with Crippen molar-refractivity contribution >= 4 is 40.9 Å². The number of benzene rings is 2. The lowest BCUT2D eigenvalue weighted by atomic mass is 10.1. The summed E-state index contributed by atoms with van der Waals surface area (Å²) in [5.41, 5.74) is 1.79. The molecule has 0 unspecified atom stereocenters. The van der Waals surface area contributed by atoms with Crippen molar-refractivity contribution < 1.29 is 9.53 Å². The molecule has 136 valence electrons. The molecule has 6 heteroatoms. The molecule has 1 saturated heterocycles. The van der Waals surface area contributed by atoms with Crippen LogP contribution >= 0.6 is 23.2 Å². The van der Waals surface area contributed by atoms with E-state index in [9.17, 15) is 4.79 Å². The Bertz CT molecular complexity index is 815. The highest BCUT2D eigenvalue weighted by atomic mass is 35.5. The van der Waals surface area contributed by atoms with Crippen LogP contribution in [-0.4, -0.2) is 44.1 Å². The van der Waals surface area contributed by atoms with Gasteiger partial charge in [0, 0.05) is 42.8 Å². The van der Waals surface area contributed by atoms with E-state index in [1.807, 2.05) is 29.2 Å². The number of amides is 1. The minimum atomic E-state index is -0.0224. The van der Waals surface area contributed by atoms with Crippen molar-refractivity contribution in [3.8, 4) is 5.75 Å². The Morgan fingerprint density at radius 3 is 2.50 bits per heavy atom. The van der Waals surface area contributed by atoms with Gasteiger partial charge in [0.15, 0.2) is 0 Å². The van der Waals surface area contributed by atoms with Crippen LogP contribution in [0.4, 0.5) is 5.69 Å². The van der Waals surface area contributed by atoms with Crippen LogP contribution in [-0.2, 0) is 4.79 Å². The number of rotatable bonds is 4. The van der Waals surface area contributed by atoms with Crippen LogP contribution in [0.25, 0.3) is 6.08 Å². The summed E-state index contributed by atoms with van der Waals surface area (Å²) in [5.74, 6) is 0.660. The van der Waals surface area contributed by atoms with E-state index in [2.05, 4.69) is 4.90 Å². The maximum Gasteiger partial charge on any atom is 0.246 e. The molecule has 4 nitrogen and oxygen atoms in total. The van der Waals surface area contributed by atoms with Crippen molar-refractivity contribution in [2.75, 3.05) is 38.2 Å². The van der Waals surface area contributed by atoms with E-state index in [1.165, 1.54) is 0 Å². The normalized spacial score (nSPS) is 14.7. The monoisotopic (exact) mass is 390 g/mol. The highest BCUT2D eigenvalue weighted by Gasteiger charge is 2.21. The van der Waals surface area contributed by atoms with E-state index < -0.39 is 0 Å². The summed E-state index contributed by atoms with van der Waals surface area (Å²) in [6.07, 6.45) is 3.31. The van der Waals surface area contributed by atoms with Crippen molar-refractivity contribution in [2.24, 2.45) is 0 Å². The Hall–Kier alpha value is -2.17. The lowest BCUT2D eigenvalue weighted by Crippen LogP contribution is -2.48. The molecule has 1 aliphatic heterocycles. The summed E-state index contributed by atoms with van der Waals surface area (Å²) < 4.78 is 5.30. The van der Waals surface area contributed by atoms with Gasteiger partial charge in [0.2, 0.25) is 5.91 Å². The zero-order valence-electron chi connectivity index (χ0n) is 14.5. The first-order valence-corrected chi connectivity index (χ1v) is 9.14. The first-order chi connectivity index (χ1) is 12.6.